The third-order valence-corrected chi connectivity index (χ3v) is 5.97. The predicted octanol–water partition coefficient (Wildman–Crippen LogP) is 2.90. The maximum atomic E-state index is 10.6. The third kappa shape index (κ3) is 3.55. The van der Waals surface area contributed by atoms with Crippen molar-refractivity contribution in [3.63, 3.8) is 0 Å². The van der Waals surface area contributed by atoms with Gasteiger partial charge < -0.3 is 14.6 Å². The highest BCUT2D eigenvalue weighted by molar-refractivity contribution is 7.99. The van der Waals surface area contributed by atoms with E-state index in [4.69, 9.17) is 9.47 Å². The van der Waals surface area contributed by atoms with Gasteiger partial charge in [0, 0.05) is 12.4 Å². The van der Waals surface area contributed by atoms with Crippen LogP contribution in [0.25, 0.3) is 0 Å². The van der Waals surface area contributed by atoms with Gasteiger partial charge in [-0.05, 0) is 55.1 Å². The maximum Gasteiger partial charge on any atom is 0.118 e. The first-order valence-corrected chi connectivity index (χ1v) is 8.89. The lowest BCUT2D eigenvalue weighted by Gasteiger charge is -2.39. The van der Waals surface area contributed by atoms with E-state index in [1.54, 1.807) is 7.11 Å². The number of hydrogen-bond acceptors (Lipinski definition) is 4. The molecule has 2 fully saturated rings. The van der Waals surface area contributed by atoms with Gasteiger partial charge in [0.1, 0.15) is 5.75 Å². The van der Waals surface area contributed by atoms with Crippen LogP contribution in [0, 0.1) is 5.92 Å². The highest BCUT2D eigenvalue weighted by Gasteiger charge is 2.42. The van der Waals surface area contributed by atoms with E-state index < -0.39 is 0 Å². The standard InChI is InChI=1S/C17H24O3S/c1-19-15-4-2-13(3-5-15)10-16(18)14-6-8-20-17(11-14)7-9-21-12-17/h2-5,14,16,18H,6-12H2,1H3. The van der Waals surface area contributed by atoms with E-state index in [0.29, 0.717) is 5.92 Å². The molecule has 2 saturated heterocycles. The minimum absolute atomic E-state index is 0.0501. The van der Waals surface area contributed by atoms with Gasteiger partial charge in [0.2, 0.25) is 0 Å². The summed E-state index contributed by atoms with van der Waals surface area (Å²) in [5.41, 5.74) is 1.22. The smallest absolute Gasteiger partial charge is 0.118 e. The van der Waals surface area contributed by atoms with Gasteiger partial charge in [0.15, 0.2) is 0 Å². The summed E-state index contributed by atoms with van der Waals surface area (Å²) in [6.07, 6.45) is 3.58. The van der Waals surface area contributed by atoms with Gasteiger partial charge in [-0.15, -0.1) is 0 Å². The van der Waals surface area contributed by atoms with Gasteiger partial charge in [-0.1, -0.05) is 12.1 Å². The average molecular weight is 308 g/mol. The van der Waals surface area contributed by atoms with Crippen molar-refractivity contribution < 1.29 is 14.6 Å². The van der Waals surface area contributed by atoms with Gasteiger partial charge in [-0.3, -0.25) is 0 Å². The van der Waals surface area contributed by atoms with Crippen LogP contribution in [0.3, 0.4) is 0 Å². The van der Waals surface area contributed by atoms with Crippen molar-refractivity contribution in [1.82, 2.24) is 0 Å². The van der Waals surface area contributed by atoms with Crippen molar-refractivity contribution in [3.05, 3.63) is 29.8 Å². The summed E-state index contributed by atoms with van der Waals surface area (Å²) < 4.78 is 11.2. The Morgan fingerprint density at radius 2 is 2.24 bits per heavy atom. The van der Waals surface area contributed by atoms with Crippen molar-refractivity contribution in [1.29, 1.82) is 0 Å². The van der Waals surface area contributed by atoms with E-state index in [0.717, 1.165) is 43.8 Å². The zero-order valence-corrected chi connectivity index (χ0v) is 13.4. The molecule has 4 heteroatoms. The van der Waals surface area contributed by atoms with Crippen LogP contribution >= 0.6 is 11.8 Å². The summed E-state index contributed by atoms with van der Waals surface area (Å²) in [7, 11) is 1.67. The Balaban J connectivity index is 1.60. The van der Waals surface area contributed by atoms with Gasteiger partial charge in [0.05, 0.1) is 18.8 Å². The SMILES string of the molecule is COc1ccc(CC(O)C2CCOC3(CCSC3)C2)cc1. The second-order valence-corrected chi connectivity index (χ2v) is 7.31. The summed E-state index contributed by atoms with van der Waals surface area (Å²) >= 11 is 1.98. The Kier molecular flexibility index (Phi) is 4.77. The number of hydrogen-bond donors (Lipinski definition) is 1. The molecular weight excluding hydrogens is 284 g/mol. The summed E-state index contributed by atoms with van der Waals surface area (Å²) in [6, 6.07) is 8.01. The molecule has 116 valence electrons. The maximum absolute atomic E-state index is 10.6. The molecule has 0 aromatic heterocycles. The minimum atomic E-state index is -0.273. The molecule has 21 heavy (non-hydrogen) atoms. The molecule has 1 aromatic rings. The molecule has 3 nitrogen and oxygen atoms in total. The molecule has 3 atom stereocenters. The van der Waals surface area contributed by atoms with Crippen molar-refractivity contribution in [2.24, 2.45) is 5.92 Å². The Morgan fingerprint density at radius 1 is 1.43 bits per heavy atom. The molecule has 1 N–H and O–H groups in total. The summed E-state index contributed by atoms with van der Waals surface area (Å²) in [4.78, 5) is 0. The number of thioether (sulfide) groups is 1. The van der Waals surface area contributed by atoms with Crippen LogP contribution < -0.4 is 4.74 Å². The van der Waals surface area contributed by atoms with Crippen LogP contribution in [0.5, 0.6) is 5.75 Å². The molecule has 1 aromatic carbocycles. The Morgan fingerprint density at radius 3 is 2.90 bits per heavy atom. The van der Waals surface area contributed by atoms with Crippen molar-refractivity contribution in [2.45, 2.75) is 37.4 Å². The number of benzene rings is 1. The first-order valence-electron chi connectivity index (χ1n) is 7.73. The Labute approximate surface area is 131 Å². The molecule has 0 aliphatic carbocycles. The van der Waals surface area contributed by atoms with E-state index in [1.165, 1.54) is 11.3 Å². The number of methoxy groups -OCH3 is 1. The topological polar surface area (TPSA) is 38.7 Å². The first kappa shape index (κ1) is 15.2. The number of rotatable bonds is 4. The number of aliphatic hydroxyl groups excluding tert-OH is 1. The Bertz CT molecular complexity index is 454. The van der Waals surface area contributed by atoms with E-state index in [9.17, 15) is 5.11 Å². The van der Waals surface area contributed by atoms with Crippen LogP contribution in [0.1, 0.15) is 24.8 Å². The molecule has 0 amide bonds. The third-order valence-electron chi connectivity index (χ3n) is 4.75. The fourth-order valence-electron chi connectivity index (χ4n) is 3.43. The van der Waals surface area contributed by atoms with Crippen molar-refractivity contribution in [2.75, 3.05) is 25.2 Å². The van der Waals surface area contributed by atoms with Gasteiger partial charge in [-0.25, -0.2) is 0 Å². The van der Waals surface area contributed by atoms with E-state index in [1.807, 2.05) is 36.0 Å². The highest BCUT2D eigenvalue weighted by Crippen LogP contribution is 2.41. The van der Waals surface area contributed by atoms with E-state index in [2.05, 4.69) is 0 Å². The molecule has 0 radical (unpaired) electrons. The zero-order valence-electron chi connectivity index (χ0n) is 12.6. The second-order valence-electron chi connectivity index (χ2n) is 6.21. The summed E-state index contributed by atoms with van der Waals surface area (Å²) in [5.74, 6) is 3.51. The van der Waals surface area contributed by atoms with Crippen LogP contribution in [0.4, 0.5) is 0 Å². The van der Waals surface area contributed by atoms with Crippen LogP contribution in [-0.2, 0) is 11.2 Å². The molecule has 2 aliphatic heterocycles. The van der Waals surface area contributed by atoms with Crippen molar-refractivity contribution >= 4 is 11.8 Å². The second kappa shape index (κ2) is 6.59. The van der Waals surface area contributed by atoms with Gasteiger partial charge in [0.25, 0.3) is 0 Å². The quantitative estimate of drug-likeness (QED) is 0.928. The monoisotopic (exact) mass is 308 g/mol. The summed E-state index contributed by atoms with van der Waals surface area (Å²) in [5, 5.41) is 10.6. The summed E-state index contributed by atoms with van der Waals surface area (Å²) in [6.45, 7) is 0.797. The lowest BCUT2D eigenvalue weighted by molar-refractivity contribution is -0.101. The molecule has 0 saturated carbocycles. The number of ether oxygens (including phenoxy) is 2. The highest BCUT2D eigenvalue weighted by atomic mass is 32.2. The fraction of sp³-hybridized carbons (Fsp3) is 0.647. The predicted molar refractivity (Wildman–Crippen MR) is 86.1 cm³/mol. The molecule has 2 aliphatic rings. The molecule has 2 heterocycles. The van der Waals surface area contributed by atoms with Crippen LogP contribution in [-0.4, -0.2) is 42.0 Å². The van der Waals surface area contributed by atoms with Gasteiger partial charge >= 0.3 is 0 Å². The Hall–Kier alpha value is -0.710. The normalized spacial score (nSPS) is 30.5. The lowest BCUT2D eigenvalue weighted by atomic mass is 9.81. The minimum Gasteiger partial charge on any atom is -0.497 e. The van der Waals surface area contributed by atoms with Crippen LogP contribution in [0.2, 0.25) is 0 Å². The first-order chi connectivity index (χ1) is 10.2. The van der Waals surface area contributed by atoms with E-state index in [-0.39, 0.29) is 11.7 Å². The van der Waals surface area contributed by atoms with E-state index >= 15 is 0 Å². The molecule has 3 rings (SSSR count). The molecule has 0 bridgehead atoms. The van der Waals surface area contributed by atoms with Crippen molar-refractivity contribution in [3.8, 4) is 5.75 Å². The lowest BCUT2D eigenvalue weighted by Crippen LogP contribution is -2.43. The average Bonchev–Trinajstić information content (AvgIpc) is 2.96. The largest absolute Gasteiger partial charge is 0.497 e. The molecule has 3 unspecified atom stereocenters. The van der Waals surface area contributed by atoms with Gasteiger partial charge in [-0.2, -0.15) is 11.8 Å². The molecular formula is C17H24O3S. The number of aliphatic hydroxyl groups is 1. The fourth-order valence-corrected chi connectivity index (χ4v) is 4.81. The van der Waals surface area contributed by atoms with Crippen LogP contribution in [0.15, 0.2) is 24.3 Å². The zero-order chi connectivity index (χ0) is 14.7. The molecule has 1 spiro atoms.